The van der Waals surface area contributed by atoms with Crippen molar-refractivity contribution in [3.05, 3.63) is 76.1 Å². The number of hydrogen-bond donors (Lipinski definition) is 0. The summed E-state index contributed by atoms with van der Waals surface area (Å²) in [5.41, 5.74) is 6.70. The number of methoxy groups -OCH3 is 1. The van der Waals surface area contributed by atoms with Crippen LogP contribution in [0.15, 0.2) is 53.5 Å². The average molecular weight is 367 g/mol. The fourth-order valence-electron chi connectivity index (χ4n) is 3.22. The Morgan fingerprint density at radius 3 is 2.62 bits per heavy atom. The van der Waals surface area contributed by atoms with Gasteiger partial charge in [-0.2, -0.15) is 0 Å². The van der Waals surface area contributed by atoms with Crippen molar-refractivity contribution in [1.82, 2.24) is 4.57 Å². The van der Waals surface area contributed by atoms with Gasteiger partial charge in [-0.25, -0.2) is 0 Å². The smallest absolute Gasteiger partial charge is 0.144 e. The molecule has 0 atom stereocenters. The highest BCUT2D eigenvalue weighted by atomic mass is 35.5. The number of para-hydroxylation sites is 1. The molecule has 0 aliphatic heterocycles. The summed E-state index contributed by atoms with van der Waals surface area (Å²) in [7, 11) is 1.63. The van der Waals surface area contributed by atoms with Crippen molar-refractivity contribution in [2.24, 2.45) is 4.99 Å². The number of aromatic nitrogens is 1. The van der Waals surface area contributed by atoms with Gasteiger partial charge in [-0.1, -0.05) is 36.7 Å². The Labute approximate surface area is 159 Å². The van der Waals surface area contributed by atoms with E-state index in [0.29, 0.717) is 10.8 Å². The van der Waals surface area contributed by atoms with Crippen LogP contribution in [0.5, 0.6) is 5.75 Å². The minimum Gasteiger partial charge on any atom is -0.494 e. The topological polar surface area (TPSA) is 26.5 Å². The van der Waals surface area contributed by atoms with Crippen LogP contribution in [0.1, 0.15) is 29.4 Å². The fraction of sp³-hybridized carbons (Fsp3) is 0.227. The third kappa shape index (κ3) is 3.54. The molecule has 0 radical (unpaired) electrons. The van der Waals surface area contributed by atoms with Crippen molar-refractivity contribution in [3.63, 3.8) is 0 Å². The molecule has 4 heteroatoms. The maximum atomic E-state index is 6.10. The van der Waals surface area contributed by atoms with E-state index < -0.39 is 0 Å². The van der Waals surface area contributed by atoms with Gasteiger partial charge in [0.2, 0.25) is 0 Å². The highest BCUT2D eigenvalue weighted by Gasteiger charge is 2.12. The van der Waals surface area contributed by atoms with Gasteiger partial charge in [0.15, 0.2) is 0 Å². The van der Waals surface area contributed by atoms with Crippen molar-refractivity contribution < 1.29 is 4.74 Å². The molecule has 0 saturated carbocycles. The summed E-state index contributed by atoms with van der Waals surface area (Å²) in [6, 6.07) is 16.1. The van der Waals surface area contributed by atoms with Gasteiger partial charge in [0.1, 0.15) is 11.4 Å². The van der Waals surface area contributed by atoms with Gasteiger partial charge in [-0.3, -0.25) is 4.99 Å². The SMILES string of the molecule is CCc1ccccc1-n1c(C)cc(C=Nc2cc(Cl)ccc2OC)c1C. The lowest BCUT2D eigenvalue weighted by Crippen LogP contribution is -2.03. The lowest BCUT2D eigenvalue weighted by molar-refractivity contribution is 0.416. The summed E-state index contributed by atoms with van der Waals surface area (Å²) in [6.07, 6.45) is 2.87. The van der Waals surface area contributed by atoms with E-state index in [1.165, 1.54) is 16.9 Å². The number of benzene rings is 2. The maximum Gasteiger partial charge on any atom is 0.144 e. The lowest BCUT2D eigenvalue weighted by atomic mass is 10.1. The minimum atomic E-state index is 0.639. The highest BCUT2D eigenvalue weighted by molar-refractivity contribution is 6.30. The van der Waals surface area contributed by atoms with E-state index in [9.17, 15) is 0 Å². The minimum absolute atomic E-state index is 0.639. The third-order valence-corrected chi connectivity index (χ3v) is 4.80. The summed E-state index contributed by atoms with van der Waals surface area (Å²) in [5.74, 6) is 0.704. The largest absolute Gasteiger partial charge is 0.494 e. The standard InChI is InChI=1S/C22H23ClN2O/c1-5-17-8-6-7-9-21(17)25-15(2)12-18(16(25)3)14-24-20-13-19(23)10-11-22(20)26-4/h6-14H,5H2,1-4H3. The molecule has 134 valence electrons. The molecule has 1 aromatic heterocycles. The molecule has 0 saturated heterocycles. The van der Waals surface area contributed by atoms with Gasteiger partial charge in [0.05, 0.1) is 7.11 Å². The Balaban J connectivity index is 2.03. The molecule has 3 nitrogen and oxygen atoms in total. The average Bonchev–Trinajstić information content (AvgIpc) is 2.93. The van der Waals surface area contributed by atoms with Crippen molar-refractivity contribution in [1.29, 1.82) is 0 Å². The van der Waals surface area contributed by atoms with Crippen LogP contribution in [0.25, 0.3) is 5.69 Å². The van der Waals surface area contributed by atoms with Gasteiger partial charge < -0.3 is 9.30 Å². The molecule has 0 fully saturated rings. The number of ether oxygens (including phenoxy) is 1. The number of halogens is 1. The van der Waals surface area contributed by atoms with Gasteiger partial charge in [0, 0.05) is 33.9 Å². The molecular weight excluding hydrogens is 344 g/mol. The van der Waals surface area contributed by atoms with Gasteiger partial charge >= 0.3 is 0 Å². The van der Waals surface area contributed by atoms with Crippen LogP contribution in [-0.2, 0) is 6.42 Å². The van der Waals surface area contributed by atoms with E-state index in [0.717, 1.165) is 23.4 Å². The quantitative estimate of drug-likeness (QED) is 0.503. The molecule has 0 spiro atoms. The van der Waals surface area contributed by atoms with Gasteiger partial charge in [-0.05, 0) is 56.2 Å². The zero-order valence-corrected chi connectivity index (χ0v) is 16.3. The molecule has 0 N–H and O–H groups in total. The first-order valence-electron chi connectivity index (χ1n) is 8.70. The zero-order chi connectivity index (χ0) is 18.7. The van der Waals surface area contributed by atoms with Crippen LogP contribution in [0.3, 0.4) is 0 Å². The first-order valence-corrected chi connectivity index (χ1v) is 9.07. The Morgan fingerprint density at radius 1 is 1.12 bits per heavy atom. The number of nitrogens with zero attached hydrogens (tertiary/aromatic N) is 2. The van der Waals surface area contributed by atoms with E-state index in [1.807, 2.05) is 18.3 Å². The lowest BCUT2D eigenvalue weighted by Gasteiger charge is -2.13. The second-order valence-electron chi connectivity index (χ2n) is 6.22. The molecule has 26 heavy (non-hydrogen) atoms. The number of aliphatic imine (C=N–C) groups is 1. The maximum absolute atomic E-state index is 6.10. The van der Waals surface area contributed by atoms with Crippen LogP contribution in [-0.4, -0.2) is 17.9 Å². The van der Waals surface area contributed by atoms with E-state index >= 15 is 0 Å². The summed E-state index contributed by atoms with van der Waals surface area (Å²) >= 11 is 6.10. The molecule has 0 aliphatic carbocycles. The van der Waals surface area contributed by atoms with E-state index in [4.69, 9.17) is 16.3 Å². The number of rotatable bonds is 5. The Morgan fingerprint density at radius 2 is 1.88 bits per heavy atom. The summed E-state index contributed by atoms with van der Waals surface area (Å²) < 4.78 is 7.66. The van der Waals surface area contributed by atoms with E-state index in [1.54, 1.807) is 13.2 Å². The van der Waals surface area contributed by atoms with Crippen LogP contribution in [0, 0.1) is 13.8 Å². The Bertz CT molecular complexity index is 957. The molecule has 3 rings (SSSR count). The summed E-state index contributed by atoms with van der Waals surface area (Å²) in [6.45, 7) is 6.42. The molecule has 0 bridgehead atoms. The van der Waals surface area contributed by atoms with E-state index in [2.05, 4.69) is 60.7 Å². The van der Waals surface area contributed by atoms with Crippen LogP contribution < -0.4 is 4.74 Å². The Hall–Kier alpha value is -2.52. The molecule has 0 aliphatic rings. The first kappa shape index (κ1) is 18.3. The fourth-order valence-corrected chi connectivity index (χ4v) is 3.39. The van der Waals surface area contributed by atoms with Crippen molar-refractivity contribution in [2.45, 2.75) is 27.2 Å². The van der Waals surface area contributed by atoms with E-state index in [-0.39, 0.29) is 0 Å². The van der Waals surface area contributed by atoms with Crippen molar-refractivity contribution in [2.75, 3.05) is 7.11 Å². The van der Waals surface area contributed by atoms with Gasteiger partial charge in [0.25, 0.3) is 0 Å². The number of aryl methyl sites for hydroxylation is 2. The van der Waals surface area contributed by atoms with Crippen LogP contribution in [0.4, 0.5) is 5.69 Å². The van der Waals surface area contributed by atoms with Crippen molar-refractivity contribution >= 4 is 23.5 Å². The molecular formula is C22H23ClN2O. The van der Waals surface area contributed by atoms with Crippen LogP contribution >= 0.6 is 11.6 Å². The molecule has 0 unspecified atom stereocenters. The predicted octanol–water partition coefficient (Wildman–Crippen LogP) is 6.07. The predicted molar refractivity (Wildman–Crippen MR) is 110 cm³/mol. The van der Waals surface area contributed by atoms with Crippen molar-refractivity contribution in [3.8, 4) is 11.4 Å². The van der Waals surface area contributed by atoms with Crippen LogP contribution in [0.2, 0.25) is 5.02 Å². The highest BCUT2D eigenvalue weighted by Crippen LogP contribution is 2.31. The summed E-state index contributed by atoms with van der Waals surface area (Å²) in [5, 5.41) is 0.639. The van der Waals surface area contributed by atoms with Gasteiger partial charge in [-0.15, -0.1) is 0 Å². The summed E-state index contributed by atoms with van der Waals surface area (Å²) in [4.78, 5) is 4.61. The first-order chi connectivity index (χ1) is 12.5. The Kier molecular flexibility index (Phi) is 5.48. The molecule has 0 amide bonds. The normalized spacial score (nSPS) is 11.3. The third-order valence-electron chi connectivity index (χ3n) is 4.57. The molecule has 1 heterocycles. The number of hydrogen-bond acceptors (Lipinski definition) is 2. The molecule has 2 aromatic carbocycles. The second-order valence-corrected chi connectivity index (χ2v) is 6.65. The monoisotopic (exact) mass is 366 g/mol. The second kappa shape index (κ2) is 7.79. The molecule has 3 aromatic rings. The zero-order valence-electron chi connectivity index (χ0n) is 15.6.